The average Bonchev–Trinajstić information content (AvgIpc) is 2.46. The van der Waals surface area contributed by atoms with Crippen LogP contribution in [0.2, 0.25) is 0 Å². The van der Waals surface area contributed by atoms with E-state index in [0.717, 1.165) is 29.8 Å². The van der Waals surface area contributed by atoms with E-state index in [-0.39, 0.29) is 0 Å². The molecule has 14 heavy (non-hydrogen) atoms. The van der Waals surface area contributed by atoms with E-state index in [2.05, 4.69) is 32.6 Å². The van der Waals surface area contributed by atoms with Gasteiger partial charge in [0.1, 0.15) is 0 Å². The van der Waals surface area contributed by atoms with Crippen LogP contribution in [-0.2, 0) is 0 Å². The standard InChI is InChI=1S/C13H25N/c1-9(2)13-12-6-5-11(7-12)8-14(13)10(3)4/h9-13H,5-8H2,1-4H3/t11-,12-,13+/m0/s1. The molecule has 2 bridgehead atoms. The lowest BCUT2D eigenvalue weighted by Crippen LogP contribution is -2.51. The van der Waals surface area contributed by atoms with E-state index in [1.807, 2.05) is 0 Å². The van der Waals surface area contributed by atoms with Gasteiger partial charge in [-0.1, -0.05) is 13.8 Å². The summed E-state index contributed by atoms with van der Waals surface area (Å²) in [6.07, 6.45) is 4.51. The molecule has 1 aliphatic heterocycles. The number of fused-ring (bicyclic) bond motifs is 2. The maximum atomic E-state index is 2.77. The van der Waals surface area contributed by atoms with Crippen molar-refractivity contribution >= 4 is 0 Å². The Bertz CT molecular complexity index is 197. The Kier molecular flexibility index (Phi) is 2.88. The molecule has 2 aliphatic rings. The van der Waals surface area contributed by atoms with Gasteiger partial charge in [0, 0.05) is 18.6 Å². The molecule has 1 heteroatoms. The van der Waals surface area contributed by atoms with E-state index in [1.54, 1.807) is 0 Å². The van der Waals surface area contributed by atoms with Crippen LogP contribution in [0.5, 0.6) is 0 Å². The van der Waals surface area contributed by atoms with Gasteiger partial charge >= 0.3 is 0 Å². The molecule has 0 radical (unpaired) electrons. The second-order valence-corrected chi connectivity index (χ2v) is 5.96. The maximum Gasteiger partial charge on any atom is 0.0149 e. The van der Waals surface area contributed by atoms with Gasteiger partial charge in [0.15, 0.2) is 0 Å². The third kappa shape index (κ3) is 1.71. The normalized spacial score (nSPS) is 38.6. The van der Waals surface area contributed by atoms with Gasteiger partial charge in [-0.15, -0.1) is 0 Å². The Morgan fingerprint density at radius 2 is 1.79 bits per heavy atom. The summed E-state index contributed by atoms with van der Waals surface area (Å²) in [5.74, 6) is 2.87. The number of piperidine rings is 1. The third-order valence-corrected chi connectivity index (χ3v) is 4.26. The van der Waals surface area contributed by atoms with Crippen molar-refractivity contribution in [1.82, 2.24) is 4.90 Å². The highest BCUT2D eigenvalue weighted by Crippen LogP contribution is 2.43. The first kappa shape index (κ1) is 10.5. The van der Waals surface area contributed by atoms with E-state index < -0.39 is 0 Å². The quantitative estimate of drug-likeness (QED) is 0.654. The van der Waals surface area contributed by atoms with Gasteiger partial charge in [0.2, 0.25) is 0 Å². The molecule has 0 aromatic heterocycles. The minimum atomic E-state index is 0.741. The fourth-order valence-corrected chi connectivity index (χ4v) is 3.76. The van der Waals surface area contributed by atoms with E-state index in [0.29, 0.717) is 0 Å². The van der Waals surface area contributed by atoms with Gasteiger partial charge in [0.25, 0.3) is 0 Å². The summed E-state index contributed by atoms with van der Waals surface area (Å²) >= 11 is 0. The van der Waals surface area contributed by atoms with Gasteiger partial charge in [-0.3, -0.25) is 4.90 Å². The molecule has 0 N–H and O–H groups in total. The molecular weight excluding hydrogens is 170 g/mol. The van der Waals surface area contributed by atoms with Crippen LogP contribution in [0.15, 0.2) is 0 Å². The van der Waals surface area contributed by atoms with Crippen molar-refractivity contribution in [1.29, 1.82) is 0 Å². The number of nitrogens with zero attached hydrogens (tertiary/aromatic N) is 1. The predicted molar refractivity (Wildman–Crippen MR) is 61.3 cm³/mol. The number of likely N-dealkylation sites (tertiary alicyclic amines) is 1. The Morgan fingerprint density at radius 1 is 1.07 bits per heavy atom. The topological polar surface area (TPSA) is 3.24 Å². The van der Waals surface area contributed by atoms with E-state index in [1.165, 1.54) is 25.8 Å². The maximum absolute atomic E-state index is 2.77. The molecule has 0 aromatic rings. The molecule has 82 valence electrons. The Balaban J connectivity index is 2.14. The Labute approximate surface area is 88.9 Å². The summed E-state index contributed by atoms with van der Waals surface area (Å²) in [5, 5.41) is 0. The average molecular weight is 195 g/mol. The Morgan fingerprint density at radius 3 is 2.36 bits per heavy atom. The first-order chi connectivity index (χ1) is 6.59. The van der Waals surface area contributed by atoms with Crippen LogP contribution in [0.3, 0.4) is 0 Å². The van der Waals surface area contributed by atoms with Gasteiger partial charge in [-0.25, -0.2) is 0 Å². The largest absolute Gasteiger partial charge is 0.297 e. The van der Waals surface area contributed by atoms with Crippen LogP contribution in [0, 0.1) is 17.8 Å². The van der Waals surface area contributed by atoms with Crippen molar-refractivity contribution in [3.63, 3.8) is 0 Å². The summed E-state index contributed by atoms with van der Waals surface area (Å²) in [6, 6.07) is 1.61. The molecule has 2 rings (SSSR count). The monoisotopic (exact) mass is 195 g/mol. The van der Waals surface area contributed by atoms with Crippen LogP contribution >= 0.6 is 0 Å². The summed E-state index contributed by atoms with van der Waals surface area (Å²) in [6.45, 7) is 10.9. The predicted octanol–water partition coefficient (Wildman–Crippen LogP) is 3.15. The highest BCUT2D eigenvalue weighted by atomic mass is 15.2. The van der Waals surface area contributed by atoms with Crippen molar-refractivity contribution in [3.8, 4) is 0 Å². The summed E-state index contributed by atoms with van der Waals surface area (Å²) in [7, 11) is 0. The number of hydrogen-bond donors (Lipinski definition) is 0. The van der Waals surface area contributed by atoms with Crippen molar-refractivity contribution in [2.24, 2.45) is 17.8 Å². The van der Waals surface area contributed by atoms with Crippen molar-refractivity contribution in [3.05, 3.63) is 0 Å². The van der Waals surface area contributed by atoms with Crippen LogP contribution in [0.1, 0.15) is 47.0 Å². The molecule has 1 saturated heterocycles. The lowest BCUT2D eigenvalue weighted by Gasteiger charge is -2.45. The molecule has 1 aliphatic carbocycles. The summed E-state index contributed by atoms with van der Waals surface area (Å²) in [4.78, 5) is 2.77. The smallest absolute Gasteiger partial charge is 0.0149 e. The zero-order chi connectivity index (χ0) is 10.3. The fraction of sp³-hybridized carbons (Fsp3) is 1.00. The minimum absolute atomic E-state index is 0.741. The third-order valence-electron chi connectivity index (χ3n) is 4.26. The summed E-state index contributed by atoms with van der Waals surface area (Å²) in [5.41, 5.74) is 0. The van der Waals surface area contributed by atoms with Gasteiger partial charge in [0.05, 0.1) is 0 Å². The van der Waals surface area contributed by atoms with Gasteiger partial charge < -0.3 is 0 Å². The molecule has 0 amide bonds. The van der Waals surface area contributed by atoms with Crippen LogP contribution in [0.4, 0.5) is 0 Å². The fourth-order valence-electron chi connectivity index (χ4n) is 3.76. The molecule has 1 nitrogen and oxygen atoms in total. The molecule has 0 spiro atoms. The highest BCUT2D eigenvalue weighted by Gasteiger charge is 2.42. The van der Waals surface area contributed by atoms with Crippen molar-refractivity contribution < 1.29 is 0 Å². The lowest BCUT2D eigenvalue weighted by atomic mass is 9.83. The van der Waals surface area contributed by atoms with Crippen LogP contribution in [-0.4, -0.2) is 23.5 Å². The first-order valence-corrected chi connectivity index (χ1v) is 6.35. The second kappa shape index (κ2) is 3.84. The van der Waals surface area contributed by atoms with E-state index in [9.17, 15) is 0 Å². The van der Waals surface area contributed by atoms with E-state index in [4.69, 9.17) is 0 Å². The molecule has 1 heterocycles. The molecule has 2 fully saturated rings. The molecule has 0 aromatic carbocycles. The zero-order valence-corrected chi connectivity index (χ0v) is 10.2. The van der Waals surface area contributed by atoms with Crippen LogP contribution < -0.4 is 0 Å². The van der Waals surface area contributed by atoms with Crippen molar-refractivity contribution in [2.45, 2.75) is 59.0 Å². The van der Waals surface area contributed by atoms with Crippen molar-refractivity contribution in [2.75, 3.05) is 6.54 Å². The minimum Gasteiger partial charge on any atom is -0.297 e. The molecule has 1 saturated carbocycles. The van der Waals surface area contributed by atoms with E-state index >= 15 is 0 Å². The van der Waals surface area contributed by atoms with Crippen LogP contribution in [0.25, 0.3) is 0 Å². The molecule has 3 atom stereocenters. The zero-order valence-electron chi connectivity index (χ0n) is 10.2. The molecule has 0 unspecified atom stereocenters. The SMILES string of the molecule is CC(C)[C@@H]1[C@H]2CC[C@@H](C2)CN1C(C)C. The number of rotatable bonds is 2. The number of hydrogen-bond acceptors (Lipinski definition) is 1. The first-order valence-electron chi connectivity index (χ1n) is 6.35. The Hall–Kier alpha value is -0.0400. The van der Waals surface area contributed by atoms with Gasteiger partial charge in [-0.05, 0) is 50.9 Å². The molecular formula is C13H25N. The second-order valence-electron chi connectivity index (χ2n) is 5.96. The highest BCUT2D eigenvalue weighted by molar-refractivity contribution is 4.95. The lowest BCUT2D eigenvalue weighted by molar-refractivity contribution is 0.0347. The summed E-state index contributed by atoms with van der Waals surface area (Å²) < 4.78 is 0. The van der Waals surface area contributed by atoms with Gasteiger partial charge in [-0.2, -0.15) is 0 Å².